The predicted molar refractivity (Wildman–Crippen MR) is 108 cm³/mol. The Bertz CT molecular complexity index is 1140. The highest BCUT2D eigenvalue weighted by molar-refractivity contribution is 6.33. The Balaban J connectivity index is 1.39. The number of aromatic nitrogens is 3. The number of ether oxygens (including phenoxy) is 3. The monoisotopic (exact) mass is 427 g/mol. The van der Waals surface area contributed by atoms with Crippen molar-refractivity contribution in [3.05, 3.63) is 40.9 Å². The van der Waals surface area contributed by atoms with Gasteiger partial charge < -0.3 is 29.4 Å². The van der Waals surface area contributed by atoms with Gasteiger partial charge >= 0.3 is 0 Å². The molecule has 2 aliphatic rings. The summed E-state index contributed by atoms with van der Waals surface area (Å²) < 4.78 is 17.1. The fourth-order valence-electron chi connectivity index (χ4n) is 3.70. The molecule has 0 radical (unpaired) electrons. The molecule has 154 valence electrons. The van der Waals surface area contributed by atoms with Crippen LogP contribution in [0, 0.1) is 11.8 Å². The molecule has 1 aromatic carbocycles. The van der Waals surface area contributed by atoms with Gasteiger partial charge in [-0.15, -0.1) is 0 Å². The normalized spacial score (nSPS) is 25.2. The van der Waals surface area contributed by atoms with Crippen LogP contribution in [-0.2, 0) is 9.47 Å². The van der Waals surface area contributed by atoms with Crippen LogP contribution in [0.15, 0.2) is 30.3 Å². The van der Waals surface area contributed by atoms with Crippen molar-refractivity contribution in [1.29, 1.82) is 0 Å². The number of aliphatic hydroxyl groups excluding tert-OH is 2. The number of rotatable bonds is 3. The molecule has 30 heavy (non-hydrogen) atoms. The molecule has 0 spiro atoms. The zero-order chi connectivity index (χ0) is 20.7. The lowest BCUT2D eigenvalue weighted by molar-refractivity contribution is 0.00706. The van der Waals surface area contributed by atoms with E-state index >= 15 is 0 Å². The van der Waals surface area contributed by atoms with Crippen LogP contribution in [-0.4, -0.2) is 69.4 Å². The zero-order valence-corrected chi connectivity index (χ0v) is 16.5. The molecule has 0 amide bonds. The van der Waals surface area contributed by atoms with Gasteiger partial charge in [0.25, 0.3) is 6.01 Å². The molecule has 0 unspecified atom stereocenters. The van der Waals surface area contributed by atoms with Gasteiger partial charge in [0.15, 0.2) is 11.8 Å². The number of hydrogen-bond acceptors (Lipinski definition) is 7. The maximum Gasteiger partial charge on any atom is 0.296 e. The minimum atomic E-state index is -0.636. The first-order valence-electron chi connectivity index (χ1n) is 9.47. The van der Waals surface area contributed by atoms with Crippen LogP contribution in [0.3, 0.4) is 0 Å². The van der Waals surface area contributed by atoms with Crippen molar-refractivity contribution < 1.29 is 24.4 Å². The van der Waals surface area contributed by atoms with Crippen LogP contribution in [0.2, 0.25) is 5.02 Å². The summed E-state index contributed by atoms with van der Waals surface area (Å²) in [6.07, 6.45) is -1.70. The van der Waals surface area contributed by atoms with Gasteiger partial charge in [-0.1, -0.05) is 35.6 Å². The van der Waals surface area contributed by atoms with Crippen LogP contribution in [0.4, 0.5) is 0 Å². The Morgan fingerprint density at radius 2 is 1.97 bits per heavy atom. The first kappa shape index (κ1) is 19.3. The molecule has 2 fully saturated rings. The lowest BCUT2D eigenvalue weighted by Gasteiger charge is -2.15. The fourth-order valence-corrected chi connectivity index (χ4v) is 3.96. The van der Waals surface area contributed by atoms with Crippen LogP contribution in [0.25, 0.3) is 22.4 Å². The number of aromatic amines is 1. The number of hydrogen-bond donors (Lipinski definition) is 3. The SMILES string of the molecule is OCC#Cc1ccc(-c2nc3nc(O[C@@H]4CO[C@H]5[C@@H]4OC[C@H]5O)[nH]c3cc2Cl)cc1. The summed E-state index contributed by atoms with van der Waals surface area (Å²) in [7, 11) is 0. The summed E-state index contributed by atoms with van der Waals surface area (Å²) >= 11 is 6.45. The second-order valence-corrected chi connectivity index (χ2v) is 7.50. The third kappa shape index (κ3) is 3.51. The molecule has 2 saturated heterocycles. The maximum atomic E-state index is 9.85. The molecular formula is C21H18ClN3O5. The quantitative estimate of drug-likeness (QED) is 0.544. The number of nitrogens with zero attached hydrogens (tertiary/aromatic N) is 2. The van der Waals surface area contributed by atoms with Crippen molar-refractivity contribution in [2.24, 2.45) is 0 Å². The van der Waals surface area contributed by atoms with Crippen LogP contribution in [0.5, 0.6) is 6.01 Å². The van der Waals surface area contributed by atoms with Crippen LogP contribution < -0.4 is 4.74 Å². The Morgan fingerprint density at radius 3 is 2.77 bits per heavy atom. The average molecular weight is 428 g/mol. The highest BCUT2D eigenvalue weighted by Crippen LogP contribution is 2.32. The van der Waals surface area contributed by atoms with Gasteiger partial charge in [0.1, 0.15) is 24.9 Å². The number of imidazole rings is 1. The highest BCUT2D eigenvalue weighted by Gasteiger charge is 2.48. The molecular weight excluding hydrogens is 410 g/mol. The lowest BCUT2D eigenvalue weighted by Crippen LogP contribution is -2.34. The van der Waals surface area contributed by atoms with E-state index in [-0.39, 0.29) is 31.5 Å². The van der Waals surface area contributed by atoms with Crippen molar-refractivity contribution >= 4 is 22.8 Å². The van der Waals surface area contributed by atoms with Gasteiger partial charge in [-0.25, -0.2) is 4.98 Å². The van der Waals surface area contributed by atoms with E-state index in [1.54, 1.807) is 6.07 Å². The Labute approximate surface area is 176 Å². The maximum absolute atomic E-state index is 9.85. The molecule has 0 aliphatic carbocycles. The van der Waals surface area contributed by atoms with Crippen LogP contribution in [0.1, 0.15) is 5.56 Å². The molecule has 5 rings (SSSR count). The molecule has 0 bridgehead atoms. The minimum absolute atomic E-state index is 0.184. The van der Waals surface area contributed by atoms with Gasteiger partial charge in [-0.2, -0.15) is 4.98 Å². The summed E-state index contributed by atoms with van der Waals surface area (Å²) in [5.41, 5.74) is 3.32. The molecule has 4 atom stereocenters. The van der Waals surface area contributed by atoms with E-state index in [1.165, 1.54) is 0 Å². The summed E-state index contributed by atoms with van der Waals surface area (Å²) in [5, 5.41) is 19.1. The first-order valence-corrected chi connectivity index (χ1v) is 9.84. The van der Waals surface area contributed by atoms with Gasteiger partial charge in [-0.3, -0.25) is 0 Å². The molecule has 0 saturated carbocycles. The third-order valence-corrected chi connectivity index (χ3v) is 5.41. The van der Waals surface area contributed by atoms with Crippen molar-refractivity contribution in [3.8, 4) is 29.1 Å². The minimum Gasteiger partial charge on any atom is -0.456 e. The number of H-pyrrole nitrogens is 1. The van der Waals surface area contributed by atoms with Gasteiger partial charge in [0, 0.05) is 11.1 Å². The zero-order valence-electron chi connectivity index (χ0n) is 15.7. The molecule has 2 aliphatic heterocycles. The Kier molecular flexibility index (Phi) is 5.06. The van der Waals surface area contributed by atoms with E-state index in [2.05, 4.69) is 26.8 Å². The van der Waals surface area contributed by atoms with E-state index in [0.717, 1.165) is 11.1 Å². The molecule has 4 heterocycles. The van der Waals surface area contributed by atoms with Crippen molar-refractivity contribution in [2.75, 3.05) is 19.8 Å². The third-order valence-electron chi connectivity index (χ3n) is 5.12. The number of benzene rings is 1. The number of nitrogens with one attached hydrogen (secondary N) is 1. The Hall–Kier alpha value is -2.67. The number of halogens is 1. The summed E-state index contributed by atoms with van der Waals surface area (Å²) in [6, 6.07) is 9.45. The van der Waals surface area contributed by atoms with Crippen molar-refractivity contribution in [3.63, 3.8) is 0 Å². The van der Waals surface area contributed by atoms with Crippen molar-refractivity contribution in [1.82, 2.24) is 15.0 Å². The number of fused-ring (bicyclic) bond motifs is 2. The van der Waals surface area contributed by atoms with E-state index in [0.29, 0.717) is 34.5 Å². The van der Waals surface area contributed by atoms with E-state index in [4.69, 9.17) is 30.9 Å². The second kappa shape index (κ2) is 7.87. The summed E-state index contributed by atoms with van der Waals surface area (Å²) in [4.78, 5) is 12.1. The topological polar surface area (TPSA) is 110 Å². The van der Waals surface area contributed by atoms with Crippen LogP contribution >= 0.6 is 11.6 Å². The number of pyridine rings is 1. The highest BCUT2D eigenvalue weighted by atomic mass is 35.5. The molecule has 3 aromatic rings. The van der Waals surface area contributed by atoms with E-state index < -0.39 is 6.10 Å². The van der Waals surface area contributed by atoms with Gasteiger partial charge in [0.05, 0.1) is 29.4 Å². The molecule has 8 nitrogen and oxygen atoms in total. The Morgan fingerprint density at radius 1 is 1.17 bits per heavy atom. The van der Waals surface area contributed by atoms with Crippen molar-refractivity contribution in [2.45, 2.75) is 24.4 Å². The van der Waals surface area contributed by atoms with E-state index in [1.807, 2.05) is 24.3 Å². The van der Waals surface area contributed by atoms with Gasteiger partial charge in [-0.05, 0) is 18.2 Å². The fraction of sp³-hybridized carbons (Fsp3) is 0.333. The predicted octanol–water partition coefficient (Wildman–Crippen LogP) is 1.53. The van der Waals surface area contributed by atoms with Gasteiger partial charge in [0.2, 0.25) is 0 Å². The molecule has 3 N–H and O–H groups in total. The smallest absolute Gasteiger partial charge is 0.296 e. The largest absolute Gasteiger partial charge is 0.456 e. The molecule has 2 aromatic heterocycles. The number of aliphatic hydroxyl groups is 2. The van der Waals surface area contributed by atoms with E-state index in [9.17, 15) is 5.11 Å². The summed E-state index contributed by atoms with van der Waals surface area (Å²) in [6.45, 7) is 0.366. The average Bonchev–Trinajstić information content (AvgIpc) is 3.43. The second-order valence-electron chi connectivity index (χ2n) is 7.09. The lowest BCUT2D eigenvalue weighted by atomic mass is 10.1. The standard InChI is InChI=1S/C21H18ClN3O5/c22-13-8-14-20(24-17(13)12-5-3-11(4-6-12)2-1-7-26)25-21(23-14)30-16-10-29-18-15(27)9-28-19(16)18/h3-6,8,15-16,18-19,26-27H,7,9-10H2,(H,23,24,25)/t15-,16-,18-,19-/m1/s1. The molecule has 9 heteroatoms. The first-order chi connectivity index (χ1) is 14.6. The summed E-state index contributed by atoms with van der Waals surface area (Å²) in [5.74, 6) is 5.46.